The summed E-state index contributed by atoms with van der Waals surface area (Å²) in [7, 11) is 0. The minimum absolute atomic E-state index is 0. The van der Waals surface area contributed by atoms with Crippen molar-refractivity contribution in [2.24, 2.45) is 5.92 Å². The van der Waals surface area contributed by atoms with Crippen LogP contribution in [0.15, 0.2) is 0 Å². The van der Waals surface area contributed by atoms with Crippen LogP contribution < -0.4 is 16.0 Å². The summed E-state index contributed by atoms with van der Waals surface area (Å²) in [5.41, 5.74) is 0. The highest BCUT2D eigenvalue weighted by Crippen LogP contribution is 2.25. The lowest BCUT2D eigenvalue weighted by Crippen LogP contribution is -2.42. The Morgan fingerprint density at radius 2 is 1.71 bits per heavy atom. The van der Waals surface area contributed by atoms with Gasteiger partial charge in [-0.15, -0.1) is 12.4 Å². The summed E-state index contributed by atoms with van der Waals surface area (Å²) in [4.78, 5) is 23.4. The molecule has 1 saturated carbocycles. The van der Waals surface area contributed by atoms with Gasteiger partial charge >= 0.3 is 0 Å². The third kappa shape index (κ3) is 7.14. The second kappa shape index (κ2) is 10.0. The van der Waals surface area contributed by atoms with Crippen LogP contribution in [-0.4, -0.2) is 37.5 Å². The lowest BCUT2D eigenvalue weighted by molar-refractivity contribution is -0.126. The van der Waals surface area contributed by atoms with Gasteiger partial charge in [-0.3, -0.25) is 9.59 Å². The van der Waals surface area contributed by atoms with Crippen LogP contribution in [0.4, 0.5) is 0 Å². The zero-order valence-corrected chi connectivity index (χ0v) is 13.5. The Balaban J connectivity index is 0.00000220. The van der Waals surface area contributed by atoms with Crippen molar-refractivity contribution in [1.29, 1.82) is 0 Å². The molecule has 5 nitrogen and oxygen atoms in total. The maximum absolute atomic E-state index is 11.8. The predicted molar refractivity (Wildman–Crippen MR) is 85.5 cm³/mol. The van der Waals surface area contributed by atoms with E-state index in [1.54, 1.807) is 0 Å². The van der Waals surface area contributed by atoms with Crippen molar-refractivity contribution in [3.8, 4) is 0 Å². The number of hydrogen-bond acceptors (Lipinski definition) is 3. The third-order valence-corrected chi connectivity index (χ3v) is 4.35. The number of carbonyl (C=O) groups excluding carboxylic acids is 2. The molecule has 122 valence electrons. The fraction of sp³-hybridized carbons (Fsp3) is 0.867. The summed E-state index contributed by atoms with van der Waals surface area (Å²) in [6, 6.07) is 0.400. The monoisotopic (exact) mass is 317 g/mol. The minimum Gasteiger partial charge on any atom is -0.353 e. The molecule has 0 bridgehead atoms. The summed E-state index contributed by atoms with van der Waals surface area (Å²) < 4.78 is 0. The van der Waals surface area contributed by atoms with E-state index >= 15 is 0 Å². The van der Waals surface area contributed by atoms with E-state index in [9.17, 15) is 9.59 Å². The van der Waals surface area contributed by atoms with E-state index in [1.807, 2.05) is 0 Å². The second-order valence-corrected chi connectivity index (χ2v) is 6.08. The van der Waals surface area contributed by atoms with Crippen molar-refractivity contribution < 1.29 is 9.59 Å². The van der Waals surface area contributed by atoms with Crippen LogP contribution >= 0.6 is 12.4 Å². The first-order valence-electron chi connectivity index (χ1n) is 8.01. The van der Waals surface area contributed by atoms with Crippen molar-refractivity contribution in [3.63, 3.8) is 0 Å². The van der Waals surface area contributed by atoms with Crippen molar-refractivity contribution in [3.05, 3.63) is 0 Å². The van der Waals surface area contributed by atoms with Crippen molar-refractivity contribution in [1.82, 2.24) is 16.0 Å². The minimum atomic E-state index is -0.0873. The topological polar surface area (TPSA) is 70.2 Å². The summed E-state index contributed by atoms with van der Waals surface area (Å²) in [6.45, 7) is 1.81. The van der Waals surface area contributed by atoms with Gasteiger partial charge in [-0.2, -0.15) is 0 Å². The molecule has 3 N–H and O–H groups in total. The lowest BCUT2D eigenvalue weighted by atomic mass is 9.87. The molecule has 1 heterocycles. The summed E-state index contributed by atoms with van der Waals surface area (Å²) in [6.07, 6.45) is 8.99. The van der Waals surface area contributed by atoms with Crippen molar-refractivity contribution in [2.75, 3.05) is 19.6 Å². The Labute approximate surface area is 133 Å². The maximum atomic E-state index is 11.8. The van der Waals surface area contributed by atoms with Crippen LogP contribution in [-0.2, 0) is 9.59 Å². The molecule has 0 aromatic carbocycles. The molecule has 2 aliphatic rings. The van der Waals surface area contributed by atoms with E-state index in [-0.39, 0.29) is 30.8 Å². The van der Waals surface area contributed by atoms with Gasteiger partial charge in [-0.1, -0.05) is 19.3 Å². The largest absolute Gasteiger partial charge is 0.353 e. The zero-order chi connectivity index (χ0) is 14.2. The highest BCUT2D eigenvalue weighted by Gasteiger charge is 2.18. The molecule has 2 fully saturated rings. The standard InChI is InChI=1S/C15H27N3O2.ClH/c19-14(9-12-5-2-1-3-6-12)18-11-15(20)17-10-13-7-4-8-16-13;/h12-13,16H,1-11H2,(H,17,20)(H,18,19);1H. The van der Waals surface area contributed by atoms with Crippen LogP contribution in [0.1, 0.15) is 51.4 Å². The Bertz CT molecular complexity index is 327. The number of halogens is 1. The predicted octanol–water partition coefficient (Wildman–Crippen LogP) is 1.36. The van der Waals surface area contributed by atoms with Gasteiger partial charge in [0.05, 0.1) is 6.54 Å². The van der Waals surface area contributed by atoms with Gasteiger partial charge in [0.2, 0.25) is 11.8 Å². The quantitative estimate of drug-likeness (QED) is 0.693. The smallest absolute Gasteiger partial charge is 0.239 e. The molecule has 2 rings (SSSR count). The number of nitrogens with one attached hydrogen (secondary N) is 3. The number of carbonyl (C=O) groups is 2. The Hall–Kier alpha value is -0.810. The van der Waals surface area contributed by atoms with Gasteiger partial charge in [-0.25, -0.2) is 0 Å². The zero-order valence-electron chi connectivity index (χ0n) is 12.7. The first kappa shape index (κ1) is 18.2. The van der Waals surface area contributed by atoms with Crippen molar-refractivity contribution in [2.45, 2.75) is 57.4 Å². The average molecular weight is 318 g/mol. The van der Waals surface area contributed by atoms with Crippen LogP contribution in [0.2, 0.25) is 0 Å². The fourth-order valence-electron chi connectivity index (χ4n) is 3.13. The molecule has 1 atom stereocenters. The Kier molecular flexibility index (Phi) is 8.69. The third-order valence-electron chi connectivity index (χ3n) is 4.35. The molecule has 1 aliphatic heterocycles. The van der Waals surface area contributed by atoms with E-state index in [1.165, 1.54) is 25.7 Å². The molecule has 0 radical (unpaired) electrons. The van der Waals surface area contributed by atoms with Gasteiger partial charge in [-0.05, 0) is 38.1 Å². The summed E-state index contributed by atoms with van der Waals surface area (Å²) in [5.74, 6) is 0.455. The van der Waals surface area contributed by atoms with Crippen molar-refractivity contribution >= 4 is 24.2 Å². The molecule has 0 aromatic heterocycles. The van der Waals surface area contributed by atoms with Crippen LogP contribution in [0.25, 0.3) is 0 Å². The van der Waals surface area contributed by atoms with E-state index in [2.05, 4.69) is 16.0 Å². The van der Waals surface area contributed by atoms with Crippen LogP contribution in [0.3, 0.4) is 0 Å². The van der Waals surface area contributed by atoms with E-state index in [4.69, 9.17) is 0 Å². The Morgan fingerprint density at radius 1 is 0.952 bits per heavy atom. The summed E-state index contributed by atoms with van der Waals surface area (Å²) in [5, 5.41) is 8.93. The molecule has 1 saturated heterocycles. The van der Waals surface area contributed by atoms with Crippen LogP contribution in [0, 0.1) is 5.92 Å². The summed E-state index contributed by atoms with van der Waals surface area (Å²) >= 11 is 0. The van der Waals surface area contributed by atoms with E-state index in [0.29, 0.717) is 24.9 Å². The fourth-order valence-corrected chi connectivity index (χ4v) is 3.13. The second-order valence-electron chi connectivity index (χ2n) is 6.08. The SMILES string of the molecule is Cl.O=C(CNC(=O)CC1CCCCC1)NCC1CCCN1. The number of amides is 2. The van der Waals surface area contributed by atoms with Gasteiger partial charge < -0.3 is 16.0 Å². The molecule has 2 amide bonds. The van der Waals surface area contributed by atoms with E-state index in [0.717, 1.165) is 25.8 Å². The van der Waals surface area contributed by atoms with Crippen LogP contribution in [0.5, 0.6) is 0 Å². The molecule has 0 spiro atoms. The molecule has 1 aliphatic carbocycles. The van der Waals surface area contributed by atoms with Gasteiger partial charge in [0.1, 0.15) is 0 Å². The molecule has 1 unspecified atom stereocenters. The first-order valence-corrected chi connectivity index (χ1v) is 8.01. The van der Waals surface area contributed by atoms with Gasteiger partial charge in [0, 0.05) is 19.0 Å². The normalized spacial score (nSPS) is 22.4. The highest BCUT2D eigenvalue weighted by atomic mass is 35.5. The highest BCUT2D eigenvalue weighted by molar-refractivity contribution is 5.85. The molecular weight excluding hydrogens is 290 g/mol. The van der Waals surface area contributed by atoms with E-state index < -0.39 is 0 Å². The molecular formula is C15H28ClN3O2. The van der Waals surface area contributed by atoms with Gasteiger partial charge in [0.15, 0.2) is 0 Å². The Morgan fingerprint density at radius 3 is 2.38 bits per heavy atom. The first-order chi connectivity index (χ1) is 9.74. The number of rotatable bonds is 6. The maximum Gasteiger partial charge on any atom is 0.239 e. The van der Waals surface area contributed by atoms with Gasteiger partial charge in [0.25, 0.3) is 0 Å². The molecule has 6 heteroatoms. The molecule has 21 heavy (non-hydrogen) atoms. The lowest BCUT2D eigenvalue weighted by Gasteiger charge is -2.20. The molecule has 0 aromatic rings. The average Bonchev–Trinajstić information content (AvgIpc) is 2.97. The number of hydrogen-bond donors (Lipinski definition) is 3.